The van der Waals surface area contributed by atoms with Crippen molar-refractivity contribution in [3.05, 3.63) is 29.8 Å². The number of nitrogens with two attached hydrogens (primary N) is 1. The lowest BCUT2D eigenvalue weighted by molar-refractivity contribution is -0.121. The van der Waals surface area contributed by atoms with Crippen molar-refractivity contribution < 1.29 is 9.90 Å². The molecule has 4 N–H and O–H groups in total. The minimum atomic E-state index is -0.0975. The molecule has 0 spiro atoms. The molecule has 1 aromatic rings. The zero-order valence-corrected chi connectivity index (χ0v) is 12.6. The van der Waals surface area contributed by atoms with E-state index in [-0.39, 0.29) is 17.9 Å². The summed E-state index contributed by atoms with van der Waals surface area (Å²) in [6, 6.07) is 7.65. The van der Waals surface area contributed by atoms with Crippen molar-refractivity contribution in [2.45, 2.75) is 44.9 Å². The molecule has 21 heavy (non-hydrogen) atoms. The maximum atomic E-state index is 12.0. The van der Waals surface area contributed by atoms with Gasteiger partial charge in [-0.3, -0.25) is 4.79 Å². The Bertz CT molecular complexity index is 468. The predicted octanol–water partition coefficient (Wildman–Crippen LogP) is 2.26. The number of carbonyl (C=O) groups is 1. The minimum absolute atomic E-state index is 0.0386. The third kappa shape index (κ3) is 4.46. The summed E-state index contributed by atoms with van der Waals surface area (Å²) in [6.45, 7) is 0.755. The van der Waals surface area contributed by atoms with Gasteiger partial charge >= 0.3 is 0 Å². The fourth-order valence-electron chi connectivity index (χ4n) is 3.08. The number of aliphatic hydroxyl groups is 1. The summed E-state index contributed by atoms with van der Waals surface area (Å²) in [5.74, 6) is 0.0386. The first kappa shape index (κ1) is 15.8. The molecule has 0 heterocycles. The number of anilines is 1. The fraction of sp³-hybridized carbons (Fsp3) is 0.588. The summed E-state index contributed by atoms with van der Waals surface area (Å²) < 4.78 is 0. The highest BCUT2D eigenvalue weighted by atomic mass is 16.3. The van der Waals surface area contributed by atoms with E-state index in [9.17, 15) is 9.90 Å². The maximum absolute atomic E-state index is 12.0. The number of hydrogen-bond acceptors (Lipinski definition) is 3. The van der Waals surface area contributed by atoms with E-state index in [0.717, 1.165) is 36.9 Å². The molecular formula is C17H26N2O2. The Morgan fingerprint density at radius 2 is 1.95 bits per heavy atom. The lowest BCUT2D eigenvalue weighted by atomic mass is 9.74. The molecule has 1 saturated carbocycles. The summed E-state index contributed by atoms with van der Waals surface area (Å²) in [6.07, 6.45) is 6.65. The Morgan fingerprint density at radius 1 is 1.24 bits per heavy atom. The Morgan fingerprint density at radius 3 is 2.62 bits per heavy atom. The maximum Gasteiger partial charge on any atom is 0.220 e. The van der Waals surface area contributed by atoms with Crippen LogP contribution in [0, 0.1) is 5.41 Å². The van der Waals surface area contributed by atoms with Gasteiger partial charge in [-0.1, -0.05) is 37.5 Å². The van der Waals surface area contributed by atoms with Gasteiger partial charge in [0.2, 0.25) is 5.91 Å². The zero-order valence-electron chi connectivity index (χ0n) is 12.6. The van der Waals surface area contributed by atoms with Gasteiger partial charge in [0.25, 0.3) is 0 Å². The number of rotatable bonds is 6. The van der Waals surface area contributed by atoms with Crippen LogP contribution in [0.15, 0.2) is 24.3 Å². The monoisotopic (exact) mass is 290 g/mol. The van der Waals surface area contributed by atoms with Crippen LogP contribution in [0.5, 0.6) is 0 Å². The molecular weight excluding hydrogens is 264 g/mol. The highest BCUT2D eigenvalue weighted by molar-refractivity contribution is 5.76. The predicted molar refractivity (Wildman–Crippen MR) is 84.8 cm³/mol. The quantitative estimate of drug-likeness (QED) is 0.703. The Kier molecular flexibility index (Phi) is 5.62. The summed E-state index contributed by atoms with van der Waals surface area (Å²) >= 11 is 0. The topological polar surface area (TPSA) is 75.4 Å². The van der Waals surface area contributed by atoms with Gasteiger partial charge < -0.3 is 16.2 Å². The molecule has 0 aromatic heterocycles. The molecule has 1 fully saturated rings. The Labute approximate surface area is 126 Å². The van der Waals surface area contributed by atoms with Crippen molar-refractivity contribution in [2.75, 3.05) is 18.9 Å². The number of aryl methyl sites for hydroxylation is 1. The summed E-state index contributed by atoms with van der Waals surface area (Å²) in [5, 5.41) is 12.6. The van der Waals surface area contributed by atoms with Gasteiger partial charge in [0.05, 0.1) is 6.61 Å². The van der Waals surface area contributed by atoms with Crippen molar-refractivity contribution in [1.29, 1.82) is 0 Å². The van der Waals surface area contributed by atoms with E-state index >= 15 is 0 Å². The van der Waals surface area contributed by atoms with E-state index in [0.29, 0.717) is 19.4 Å². The molecule has 1 aliphatic rings. The number of hydrogen-bond donors (Lipinski definition) is 3. The normalized spacial score (nSPS) is 17.4. The first-order valence-electron chi connectivity index (χ1n) is 7.86. The molecule has 0 unspecified atom stereocenters. The van der Waals surface area contributed by atoms with E-state index < -0.39 is 0 Å². The minimum Gasteiger partial charge on any atom is -0.399 e. The SMILES string of the molecule is Nc1ccccc1CCC(=O)NCC1(CO)CCCCC1. The fourth-order valence-corrected chi connectivity index (χ4v) is 3.08. The van der Waals surface area contributed by atoms with Crippen molar-refractivity contribution in [2.24, 2.45) is 5.41 Å². The van der Waals surface area contributed by atoms with Crippen molar-refractivity contribution in [3.8, 4) is 0 Å². The molecule has 0 atom stereocenters. The average molecular weight is 290 g/mol. The number of benzene rings is 1. The van der Waals surface area contributed by atoms with Crippen LogP contribution in [0.2, 0.25) is 0 Å². The second kappa shape index (κ2) is 7.46. The van der Waals surface area contributed by atoms with Gasteiger partial charge in [0.1, 0.15) is 0 Å². The van der Waals surface area contributed by atoms with E-state index in [2.05, 4.69) is 5.32 Å². The molecule has 116 valence electrons. The van der Waals surface area contributed by atoms with Crippen LogP contribution in [-0.4, -0.2) is 24.2 Å². The molecule has 0 saturated heterocycles. The lowest BCUT2D eigenvalue weighted by Gasteiger charge is -2.35. The molecule has 1 amide bonds. The third-order valence-electron chi connectivity index (χ3n) is 4.59. The van der Waals surface area contributed by atoms with Gasteiger partial charge in [-0.15, -0.1) is 0 Å². The highest BCUT2D eigenvalue weighted by Gasteiger charge is 2.31. The number of carbonyl (C=O) groups excluding carboxylic acids is 1. The number of para-hydroxylation sites is 1. The largest absolute Gasteiger partial charge is 0.399 e. The van der Waals surface area contributed by atoms with E-state index in [1.165, 1.54) is 6.42 Å². The van der Waals surface area contributed by atoms with E-state index in [1.54, 1.807) is 0 Å². The lowest BCUT2D eigenvalue weighted by Crippen LogP contribution is -2.41. The molecule has 1 aromatic carbocycles. The molecule has 1 aliphatic carbocycles. The Balaban J connectivity index is 1.78. The van der Waals surface area contributed by atoms with Gasteiger partial charge in [-0.25, -0.2) is 0 Å². The van der Waals surface area contributed by atoms with Gasteiger partial charge in [0.15, 0.2) is 0 Å². The molecule has 4 heteroatoms. The molecule has 0 radical (unpaired) electrons. The second-order valence-electron chi connectivity index (χ2n) is 6.19. The third-order valence-corrected chi connectivity index (χ3v) is 4.59. The van der Waals surface area contributed by atoms with Crippen LogP contribution in [-0.2, 0) is 11.2 Å². The Hall–Kier alpha value is -1.55. The standard InChI is InChI=1S/C17H26N2O2/c18-15-7-3-2-6-14(15)8-9-16(21)19-12-17(13-20)10-4-1-5-11-17/h2-3,6-7,20H,1,4-5,8-13,18H2,(H,19,21). The second-order valence-corrected chi connectivity index (χ2v) is 6.19. The number of nitrogen functional groups attached to an aromatic ring is 1. The highest BCUT2D eigenvalue weighted by Crippen LogP contribution is 2.35. The van der Waals surface area contributed by atoms with Crippen LogP contribution >= 0.6 is 0 Å². The van der Waals surface area contributed by atoms with Gasteiger partial charge in [-0.2, -0.15) is 0 Å². The number of aliphatic hydroxyl groups excluding tert-OH is 1. The van der Waals surface area contributed by atoms with Crippen LogP contribution < -0.4 is 11.1 Å². The van der Waals surface area contributed by atoms with Crippen LogP contribution in [0.4, 0.5) is 5.69 Å². The molecule has 0 bridgehead atoms. The number of amides is 1. The zero-order chi connectivity index (χ0) is 15.1. The number of nitrogens with one attached hydrogen (secondary N) is 1. The van der Waals surface area contributed by atoms with Gasteiger partial charge in [0, 0.05) is 24.1 Å². The smallest absolute Gasteiger partial charge is 0.220 e. The van der Waals surface area contributed by atoms with E-state index in [1.807, 2.05) is 24.3 Å². The molecule has 2 rings (SSSR count). The summed E-state index contributed by atoms with van der Waals surface area (Å²) in [5.41, 5.74) is 7.53. The van der Waals surface area contributed by atoms with Crippen LogP contribution in [0.25, 0.3) is 0 Å². The first-order chi connectivity index (χ1) is 10.2. The van der Waals surface area contributed by atoms with Crippen molar-refractivity contribution in [3.63, 3.8) is 0 Å². The first-order valence-corrected chi connectivity index (χ1v) is 7.86. The van der Waals surface area contributed by atoms with Crippen molar-refractivity contribution in [1.82, 2.24) is 5.32 Å². The molecule has 4 nitrogen and oxygen atoms in total. The van der Waals surface area contributed by atoms with Gasteiger partial charge in [-0.05, 0) is 30.9 Å². The summed E-state index contributed by atoms with van der Waals surface area (Å²) in [7, 11) is 0. The van der Waals surface area contributed by atoms with E-state index in [4.69, 9.17) is 5.73 Å². The van der Waals surface area contributed by atoms with Crippen molar-refractivity contribution >= 4 is 11.6 Å². The summed E-state index contributed by atoms with van der Waals surface area (Å²) in [4.78, 5) is 12.0. The average Bonchev–Trinajstić information content (AvgIpc) is 2.53. The van der Waals surface area contributed by atoms with Crippen LogP contribution in [0.1, 0.15) is 44.1 Å². The molecule has 0 aliphatic heterocycles. The van der Waals surface area contributed by atoms with Crippen LogP contribution in [0.3, 0.4) is 0 Å².